The Kier molecular flexibility index (Phi) is 5.42. The molecule has 5 nitrogen and oxygen atoms in total. The fourth-order valence-corrected chi connectivity index (χ4v) is 5.71. The number of nitrogens with one attached hydrogen (secondary N) is 1. The summed E-state index contributed by atoms with van der Waals surface area (Å²) in [6, 6.07) is 1.80. The van der Waals surface area contributed by atoms with Gasteiger partial charge < -0.3 is 10.1 Å². The van der Waals surface area contributed by atoms with Gasteiger partial charge in [0.1, 0.15) is 5.75 Å². The summed E-state index contributed by atoms with van der Waals surface area (Å²) in [5, 5.41) is 5.04. The molecule has 0 spiro atoms. The second-order valence-corrected chi connectivity index (χ2v) is 7.88. The summed E-state index contributed by atoms with van der Waals surface area (Å²) in [7, 11) is -1.95. The van der Waals surface area contributed by atoms with Crippen LogP contribution in [0.2, 0.25) is 0 Å². The molecule has 1 fully saturated rings. The fourth-order valence-electron chi connectivity index (χ4n) is 2.54. The van der Waals surface area contributed by atoms with E-state index >= 15 is 0 Å². The maximum atomic E-state index is 12.9. The first-order valence-corrected chi connectivity index (χ1v) is 9.27. The first-order valence-electron chi connectivity index (χ1n) is 6.95. The van der Waals surface area contributed by atoms with Crippen molar-refractivity contribution >= 4 is 21.4 Å². The lowest BCUT2D eigenvalue weighted by Gasteiger charge is -2.33. The highest BCUT2D eigenvalue weighted by Crippen LogP contribution is 2.34. The minimum absolute atomic E-state index is 0.0907. The normalized spacial score (nSPS) is 17.6. The van der Waals surface area contributed by atoms with Gasteiger partial charge >= 0.3 is 0 Å². The lowest BCUT2D eigenvalue weighted by Crippen LogP contribution is -2.46. The van der Waals surface area contributed by atoms with E-state index in [0.29, 0.717) is 16.5 Å². The van der Waals surface area contributed by atoms with Gasteiger partial charge in [-0.2, -0.15) is 4.31 Å². The van der Waals surface area contributed by atoms with Crippen molar-refractivity contribution in [2.75, 3.05) is 26.7 Å². The number of thiophene rings is 1. The lowest BCUT2D eigenvalue weighted by molar-refractivity contribution is 0.262. The monoisotopic (exact) mass is 318 g/mol. The molecule has 0 aliphatic carbocycles. The minimum atomic E-state index is -3.46. The lowest BCUT2D eigenvalue weighted by atomic mass is 10.1. The summed E-state index contributed by atoms with van der Waals surface area (Å²) in [6.45, 7) is 4.33. The van der Waals surface area contributed by atoms with Gasteiger partial charge in [-0.15, -0.1) is 11.3 Å². The zero-order chi connectivity index (χ0) is 14.6. The Balaban J connectivity index is 2.31. The van der Waals surface area contributed by atoms with Crippen LogP contribution in [0.1, 0.15) is 26.2 Å². The first-order chi connectivity index (χ1) is 9.61. The second kappa shape index (κ2) is 6.89. The Bertz CT molecular complexity index is 521. The number of piperidine rings is 1. The van der Waals surface area contributed by atoms with E-state index < -0.39 is 10.0 Å². The van der Waals surface area contributed by atoms with Crippen LogP contribution in [0, 0.1) is 0 Å². The van der Waals surface area contributed by atoms with Crippen LogP contribution >= 0.6 is 11.3 Å². The highest BCUT2D eigenvalue weighted by atomic mass is 32.2. The van der Waals surface area contributed by atoms with Crippen LogP contribution in [-0.4, -0.2) is 45.5 Å². The highest BCUT2D eigenvalue weighted by Gasteiger charge is 2.34. The first kappa shape index (κ1) is 15.8. The molecule has 0 unspecified atom stereocenters. The molecule has 0 saturated carbocycles. The van der Waals surface area contributed by atoms with E-state index in [4.69, 9.17) is 4.74 Å². The summed E-state index contributed by atoms with van der Waals surface area (Å²) in [6.07, 6.45) is 2.55. The zero-order valence-electron chi connectivity index (χ0n) is 12.0. The van der Waals surface area contributed by atoms with Gasteiger partial charge in [0.05, 0.1) is 7.11 Å². The van der Waals surface area contributed by atoms with Crippen LogP contribution in [-0.2, 0) is 10.0 Å². The van der Waals surface area contributed by atoms with Crippen LogP contribution in [0.15, 0.2) is 15.7 Å². The Morgan fingerprint density at radius 2 is 2.15 bits per heavy atom. The van der Waals surface area contributed by atoms with Crippen LogP contribution in [0.25, 0.3) is 0 Å². The van der Waals surface area contributed by atoms with E-state index in [2.05, 4.69) is 5.32 Å². The van der Waals surface area contributed by atoms with E-state index in [1.54, 1.807) is 15.8 Å². The van der Waals surface area contributed by atoms with Crippen molar-refractivity contribution < 1.29 is 13.2 Å². The molecule has 1 aromatic rings. The van der Waals surface area contributed by atoms with Gasteiger partial charge in [-0.1, -0.05) is 6.92 Å². The molecule has 0 bridgehead atoms. The molecule has 0 aromatic carbocycles. The summed E-state index contributed by atoms with van der Waals surface area (Å²) in [5.74, 6) is 0.449. The minimum Gasteiger partial charge on any atom is -0.494 e. The molecule has 1 N–H and O–H groups in total. The Morgan fingerprint density at radius 1 is 1.45 bits per heavy atom. The molecule has 2 heterocycles. The van der Waals surface area contributed by atoms with Crippen molar-refractivity contribution in [1.82, 2.24) is 9.62 Å². The number of hydrogen-bond acceptors (Lipinski definition) is 5. The summed E-state index contributed by atoms with van der Waals surface area (Å²) >= 11 is 1.23. The quantitative estimate of drug-likeness (QED) is 0.870. The molecule has 1 aromatic heterocycles. The third kappa shape index (κ3) is 3.16. The maximum Gasteiger partial charge on any atom is 0.256 e. The topological polar surface area (TPSA) is 58.6 Å². The Morgan fingerprint density at radius 3 is 2.75 bits per heavy atom. The fraction of sp³-hybridized carbons (Fsp3) is 0.692. The average molecular weight is 318 g/mol. The van der Waals surface area contributed by atoms with Gasteiger partial charge in [0.25, 0.3) is 10.0 Å². The van der Waals surface area contributed by atoms with Crippen molar-refractivity contribution in [3.05, 3.63) is 11.4 Å². The number of nitrogens with zero attached hydrogens (tertiary/aromatic N) is 1. The molecule has 20 heavy (non-hydrogen) atoms. The van der Waals surface area contributed by atoms with Crippen molar-refractivity contribution in [2.45, 2.75) is 36.4 Å². The van der Waals surface area contributed by atoms with E-state index in [0.717, 1.165) is 32.4 Å². The van der Waals surface area contributed by atoms with Crippen molar-refractivity contribution in [3.63, 3.8) is 0 Å². The van der Waals surface area contributed by atoms with Crippen LogP contribution in [0.5, 0.6) is 5.75 Å². The van der Waals surface area contributed by atoms with Gasteiger partial charge in [0.15, 0.2) is 4.21 Å². The van der Waals surface area contributed by atoms with E-state index in [1.165, 1.54) is 18.4 Å². The molecule has 1 saturated heterocycles. The molecule has 0 amide bonds. The number of sulfonamides is 1. The van der Waals surface area contributed by atoms with Gasteiger partial charge in [-0.3, -0.25) is 0 Å². The molecular formula is C13H22N2O3S2. The third-order valence-corrected chi connectivity index (χ3v) is 6.89. The summed E-state index contributed by atoms with van der Waals surface area (Å²) in [4.78, 5) is 0. The van der Waals surface area contributed by atoms with E-state index in [1.807, 2.05) is 6.92 Å². The van der Waals surface area contributed by atoms with Crippen molar-refractivity contribution in [3.8, 4) is 5.75 Å². The molecular weight excluding hydrogens is 296 g/mol. The molecule has 2 rings (SSSR count). The third-order valence-electron chi connectivity index (χ3n) is 3.52. The molecule has 114 valence electrons. The molecule has 1 aliphatic heterocycles. The van der Waals surface area contributed by atoms with Crippen LogP contribution in [0.4, 0.5) is 0 Å². The standard InChI is InChI=1S/C13H22N2O3S2/c1-3-9-15(11-4-7-14-8-5-11)20(16,17)13-12(18-2)6-10-19-13/h6,10-11,14H,3-5,7-9H2,1-2H3. The number of ether oxygens (including phenoxy) is 1. The predicted molar refractivity (Wildman–Crippen MR) is 80.9 cm³/mol. The average Bonchev–Trinajstić information content (AvgIpc) is 2.94. The number of rotatable bonds is 6. The van der Waals surface area contributed by atoms with Crippen molar-refractivity contribution in [1.29, 1.82) is 0 Å². The largest absolute Gasteiger partial charge is 0.494 e. The Labute approximate surface area is 125 Å². The summed E-state index contributed by atoms with van der Waals surface area (Å²) < 4.78 is 33.0. The molecule has 0 radical (unpaired) electrons. The smallest absolute Gasteiger partial charge is 0.256 e. The molecule has 1 aliphatic rings. The second-order valence-electron chi connectivity index (χ2n) is 4.87. The van der Waals surface area contributed by atoms with Gasteiger partial charge in [-0.05, 0) is 43.8 Å². The Hall–Kier alpha value is -0.630. The molecule has 0 atom stereocenters. The van der Waals surface area contributed by atoms with Gasteiger partial charge in [-0.25, -0.2) is 8.42 Å². The van der Waals surface area contributed by atoms with Gasteiger partial charge in [0, 0.05) is 12.6 Å². The highest BCUT2D eigenvalue weighted by molar-refractivity contribution is 7.91. The number of hydrogen-bond donors (Lipinski definition) is 1. The maximum absolute atomic E-state index is 12.9. The number of methoxy groups -OCH3 is 1. The van der Waals surface area contributed by atoms with E-state index in [-0.39, 0.29) is 6.04 Å². The van der Waals surface area contributed by atoms with Crippen molar-refractivity contribution in [2.24, 2.45) is 0 Å². The van der Waals surface area contributed by atoms with Gasteiger partial charge in [0.2, 0.25) is 0 Å². The van der Waals surface area contributed by atoms with Crippen LogP contribution in [0.3, 0.4) is 0 Å². The summed E-state index contributed by atoms with van der Waals surface area (Å²) in [5.41, 5.74) is 0. The predicted octanol–water partition coefficient (Wildman–Crippen LogP) is 1.91. The zero-order valence-corrected chi connectivity index (χ0v) is 13.6. The SMILES string of the molecule is CCCN(C1CCNCC1)S(=O)(=O)c1sccc1OC. The molecule has 7 heteroatoms. The van der Waals surface area contributed by atoms with E-state index in [9.17, 15) is 8.42 Å². The van der Waals surface area contributed by atoms with Crippen LogP contribution < -0.4 is 10.1 Å².